The minimum Gasteiger partial charge on any atom is -0.386 e. The Balaban J connectivity index is 2.79. The Bertz CT molecular complexity index is 1210. The Morgan fingerprint density at radius 1 is 0.808 bits per heavy atom. The topological polar surface area (TPSA) is 150 Å². The van der Waals surface area contributed by atoms with Crippen LogP contribution in [0.5, 0.6) is 0 Å². The largest absolute Gasteiger partial charge is 0.386 e. The number of nitrogens with one attached hydrogen (secondary N) is 3. The lowest BCUT2D eigenvalue weighted by Gasteiger charge is -2.40. The lowest BCUT2D eigenvalue weighted by Crippen LogP contribution is -2.59. The van der Waals surface area contributed by atoms with E-state index in [0.29, 0.717) is 19.4 Å². The first-order valence-electron chi connectivity index (χ1n) is 19.0. The fraction of sp³-hybridized carbons (Fsp3) is 0.750. The molecule has 0 fully saturated rings. The number of amides is 4. The summed E-state index contributed by atoms with van der Waals surface area (Å²) in [6.07, 6.45) is 1.18. The van der Waals surface area contributed by atoms with Gasteiger partial charge >= 0.3 is 0 Å². The van der Waals surface area contributed by atoms with Crippen molar-refractivity contribution in [3.8, 4) is 0 Å². The lowest BCUT2D eigenvalue weighted by molar-refractivity contribution is -0.144. The molecule has 8 unspecified atom stereocenters. The van der Waals surface area contributed by atoms with E-state index in [1.165, 1.54) is 0 Å². The van der Waals surface area contributed by atoms with E-state index < -0.39 is 36.3 Å². The molecule has 1 aromatic rings. The summed E-state index contributed by atoms with van der Waals surface area (Å²) in [5.74, 6) is -1.27. The molecule has 0 saturated heterocycles. The fourth-order valence-electron chi connectivity index (χ4n) is 6.90. The third-order valence-corrected chi connectivity index (χ3v) is 10.3. The van der Waals surface area contributed by atoms with Crippen LogP contribution in [0.15, 0.2) is 30.3 Å². The van der Waals surface area contributed by atoms with E-state index >= 15 is 0 Å². The van der Waals surface area contributed by atoms with E-state index in [-0.39, 0.29) is 59.9 Å². The number of methoxy groups -OCH3 is 2. The van der Waals surface area contributed by atoms with Crippen molar-refractivity contribution >= 4 is 23.6 Å². The molecule has 0 saturated carbocycles. The average molecular weight is 734 g/mol. The van der Waals surface area contributed by atoms with E-state index in [1.54, 1.807) is 33.1 Å². The number of ether oxygens (including phenoxy) is 2. The van der Waals surface area contributed by atoms with Crippen LogP contribution >= 0.6 is 0 Å². The van der Waals surface area contributed by atoms with Crippen LogP contribution in [0, 0.1) is 23.7 Å². The molecule has 52 heavy (non-hydrogen) atoms. The van der Waals surface area contributed by atoms with Crippen molar-refractivity contribution < 1.29 is 33.8 Å². The van der Waals surface area contributed by atoms with Gasteiger partial charge in [0.1, 0.15) is 6.04 Å². The molecule has 0 aliphatic rings. The molecule has 12 nitrogen and oxygen atoms in total. The third kappa shape index (κ3) is 14.4. The molecule has 1 aromatic carbocycles. The number of carbonyl (C=O) groups excluding carboxylic acids is 4. The number of unbranched alkanes of at least 4 members (excludes halogenated alkanes) is 1. The summed E-state index contributed by atoms with van der Waals surface area (Å²) in [6, 6.07) is 7.25. The van der Waals surface area contributed by atoms with Gasteiger partial charge in [0.2, 0.25) is 23.6 Å². The van der Waals surface area contributed by atoms with E-state index in [1.807, 2.05) is 97.8 Å². The van der Waals surface area contributed by atoms with Crippen molar-refractivity contribution in [3.63, 3.8) is 0 Å². The van der Waals surface area contributed by atoms with Crippen LogP contribution in [0.2, 0.25) is 0 Å². The van der Waals surface area contributed by atoms with E-state index in [2.05, 4.69) is 16.0 Å². The number of benzene rings is 1. The molecular formula is C40H71N5O7. The van der Waals surface area contributed by atoms with E-state index in [0.717, 1.165) is 18.4 Å². The monoisotopic (exact) mass is 734 g/mol. The van der Waals surface area contributed by atoms with E-state index in [4.69, 9.17) is 9.47 Å². The molecule has 0 aromatic heterocycles. The smallest absolute Gasteiger partial charge is 0.245 e. The highest BCUT2D eigenvalue weighted by molar-refractivity contribution is 5.90. The van der Waals surface area contributed by atoms with Gasteiger partial charge in [0.05, 0.1) is 48.8 Å². The molecule has 0 aliphatic carbocycles. The highest BCUT2D eigenvalue weighted by atomic mass is 16.5. The average Bonchev–Trinajstić information content (AvgIpc) is 3.10. The lowest BCUT2D eigenvalue weighted by atomic mass is 9.89. The van der Waals surface area contributed by atoms with Crippen LogP contribution in [-0.2, 0) is 28.7 Å². The highest BCUT2D eigenvalue weighted by Gasteiger charge is 2.38. The van der Waals surface area contributed by atoms with Crippen LogP contribution in [0.25, 0.3) is 0 Å². The predicted molar refractivity (Wildman–Crippen MR) is 206 cm³/mol. The van der Waals surface area contributed by atoms with Crippen LogP contribution in [0.3, 0.4) is 0 Å². The number of aliphatic hydroxyl groups is 1. The first-order valence-corrected chi connectivity index (χ1v) is 19.0. The zero-order valence-electron chi connectivity index (χ0n) is 34.3. The summed E-state index contributed by atoms with van der Waals surface area (Å²) in [5.41, 5.74) is 0.738. The molecule has 1 rings (SSSR count). The molecule has 0 aliphatic heterocycles. The number of carbonyl (C=O) groups is 4. The van der Waals surface area contributed by atoms with Crippen molar-refractivity contribution in [2.45, 2.75) is 130 Å². The number of rotatable bonds is 24. The second kappa shape index (κ2) is 23.6. The van der Waals surface area contributed by atoms with Gasteiger partial charge in [0, 0.05) is 27.8 Å². The van der Waals surface area contributed by atoms with Gasteiger partial charge in [0.15, 0.2) is 0 Å². The fourth-order valence-corrected chi connectivity index (χ4v) is 6.90. The SMILES string of the molecule is CCC(C)C(C(CC(=O)NCCCCC(OC)C(C)C(=O)NC(C)C(O)c1ccccc1)OC)N(C)C(=O)[C@@H](NC(=O)C(C(C)C)N(C)C)C(C)C. The van der Waals surface area contributed by atoms with Gasteiger partial charge < -0.3 is 35.4 Å². The molecular weight excluding hydrogens is 662 g/mol. The summed E-state index contributed by atoms with van der Waals surface area (Å²) in [4.78, 5) is 57.0. The molecule has 298 valence electrons. The number of hydrogen-bond donors (Lipinski definition) is 4. The Kier molecular flexibility index (Phi) is 21.3. The summed E-state index contributed by atoms with van der Waals surface area (Å²) >= 11 is 0. The van der Waals surface area contributed by atoms with Crippen molar-refractivity contribution in [1.82, 2.24) is 25.8 Å². The number of hydrogen-bond acceptors (Lipinski definition) is 8. The van der Waals surface area contributed by atoms with Gasteiger partial charge in [-0.3, -0.25) is 24.1 Å². The molecule has 4 amide bonds. The summed E-state index contributed by atoms with van der Waals surface area (Å²) in [7, 11) is 8.59. The normalized spacial score (nSPS) is 17.0. The van der Waals surface area contributed by atoms with Gasteiger partial charge in [-0.1, -0.05) is 85.2 Å². The zero-order chi connectivity index (χ0) is 39.7. The Morgan fingerprint density at radius 3 is 1.90 bits per heavy atom. The van der Waals surface area contributed by atoms with Crippen molar-refractivity contribution in [2.24, 2.45) is 23.7 Å². The maximum Gasteiger partial charge on any atom is 0.245 e. The van der Waals surface area contributed by atoms with E-state index in [9.17, 15) is 24.3 Å². The Hall–Kier alpha value is -3.06. The van der Waals surface area contributed by atoms with Gasteiger partial charge in [-0.2, -0.15) is 0 Å². The molecule has 9 atom stereocenters. The molecule has 0 radical (unpaired) electrons. The van der Waals surface area contributed by atoms with Crippen LogP contribution in [0.4, 0.5) is 0 Å². The Labute approximate surface area is 314 Å². The molecule has 0 bridgehead atoms. The highest BCUT2D eigenvalue weighted by Crippen LogP contribution is 2.24. The zero-order valence-corrected chi connectivity index (χ0v) is 34.3. The number of nitrogens with zero attached hydrogens (tertiary/aromatic N) is 2. The Morgan fingerprint density at radius 2 is 1.40 bits per heavy atom. The summed E-state index contributed by atoms with van der Waals surface area (Å²) in [5, 5.41) is 19.6. The van der Waals surface area contributed by atoms with Crippen molar-refractivity contribution in [1.29, 1.82) is 0 Å². The summed E-state index contributed by atoms with van der Waals surface area (Å²) in [6.45, 7) is 15.9. The third-order valence-electron chi connectivity index (χ3n) is 10.3. The van der Waals surface area contributed by atoms with Crippen molar-refractivity contribution in [2.75, 3.05) is 41.9 Å². The maximum atomic E-state index is 14.0. The van der Waals surface area contributed by atoms with Crippen LogP contribution in [-0.4, -0.2) is 117 Å². The molecule has 4 N–H and O–H groups in total. The molecule has 0 heterocycles. The number of aliphatic hydroxyl groups excluding tert-OH is 1. The standard InChI is InChI=1S/C40H71N5O7/c1-14-27(6)36(45(11)40(50)34(25(2)3)43-39(49)35(26(4)5)44(9)10)32(52-13)24-33(46)41-23-19-18-22-31(51-12)28(7)38(48)42-29(8)37(47)30-20-16-15-17-21-30/h15-17,20-21,25-29,31-32,34-37,47H,14,18-19,22-24H2,1-13H3,(H,41,46)(H,42,48)(H,43,49)/t27?,28?,29?,31?,32?,34-,35?,36?,37?/m0/s1. The molecule has 12 heteroatoms. The van der Waals surface area contributed by atoms with Gasteiger partial charge in [0.25, 0.3) is 0 Å². The second-order valence-electron chi connectivity index (χ2n) is 15.2. The van der Waals surface area contributed by atoms with Crippen LogP contribution in [0.1, 0.15) is 99.2 Å². The number of likely N-dealkylation sites (N-methyl/N-ethyl adjacent to an activating group) is 2. The van der Waals surface area contributed by atoms with Gasteiger partial charge in [-0.05, 0) is 63.6 Å². The minimum absolute atomic E-state index is 0.0233. The maximum absolute atomic E-state index is 14.0. The predicted octanol–water partition coefficient (Wildman–Crippen LogP) is 4.17. The first kappa shape index (κ1) is 47.0. The van der Waals surface area contributed by atoms with Crippen molar-refractivity contribution in [3.05, 3.63) is 35.9 Å². The quantitative estimate of drug-likeness (QED) is 0.116. The summed E-state index contributed by atoms with van der Waals surface area (Å²) < 4.78 is 11.5. The first-order chi connectivity index (χ1) is 24.4. The van der Waals surface area contributed by atoms with Crippen LogP contribution < -0.4 is 16.0 Å². The molecule has 0 spiro atoms. The minimum atomic E-state index is -0.823. The van der Waals surface area contributed by atoms with Gasteiger partial charge in [-0.25, -0.2) is 0 Å². The van der Waals surface area contributed by atoms with Gasteiger partial charge in [-0.15, -0.1) is 0 Å². The second-order valence-corrected chi connectivity index (χ2v) is 15.2.